The van der Waals surface area contributed by atoms with Crippen LogP contribution in [0.1, 0.15) is 46.0 Å². The molecule has 0 aromatic carbocycles. The normalized spacial score (nSPS) is 22.5. The fraction of sp³-hybridized carbons (Fsp3) is 0.800. The Morgan fingerprint density at radius 3 is 2.64 bits per heavy atom. The molecular formula is C15H26N4O3. The summed E-state index contributed by atoms with van der Waals surface area (Å²) in [6.45, 7) is 4.10. The Hall–Kier alpha value is -1.63. The number of hydrogen-bond acceptors (Lipinski definition) is 4. The lowest BCUT2D eigenvalue weighted by molar-refractivity contribution is -0.131. The van der Waals surface area contributed by atoms with Gasteiger partial charge in [0, 0.05) is 12.6 Å². The molecule has 0 radical (unpaired) electrons. The first-order valence-corrected chi connectivity index (χ1v) is 8.01. The minimum Gasteiger partial charge on any atom is -0.355 e. The average molecular weight is 310 g/mol. The molecule has 7 nitrogen and oxygen atoms in total. The highest BCUT2D eigenvalue weighted by Gasteiger charge is 2.33. The maximum Gasteiger partial charge on any atom is 0.240 e. The van der Waals surface area contributed by atoms with E-state index in [-0.39, 0.29) is 36.3 Å². The second-order valence-corrected chi connectivity index (χ2v) is 6.63. The lowest BCUT2D eigenvalue weighted by Gasteiger charge is -2.29. The first-order chi connectivity index (χ1) is 10.4. The van der Waals surface area contributed by atoms with E-state index in [2.05, 4.69) is 21.3 Å². The molecule has 0 aromatic heterocycles. The lowest BCUT2D eigenvalue weighted by Crippen LogP contribution is -2.59. The maximum absolute atomic E-state index is 12.3. The summed E-state index contributed by atoms with van der Waals surface area (Å²) in [6, 6.07) is -0.0891. The number of hydrogen-bond donors (Lipinski definition) is 4. The Morgan fingerprint density at radius 1 is 1.23 bits per heavy atom. The van der Waals surface area contributed by atoms with Crippen molar-refractivity contribution in [2.45, 2.75) is 63.6 Å². The molecule has 1 aliphatic heterocycles. The van der Waals surface area contributed by atoms with Crippen molar-refractivity contribution in [1.29, 1.82) is 0 Å². The van der Waals surface area contributed by atoms with Gasteiger partial charge in [-0.1, -0.05) is 0 Å². The summed E-state index contributed by atoms with van der Waals surface area (Å²) >= 11 is 0. The highest BCUT2D eigenvalue weighted by atomic mass is 16.2. The maximum atomic E-state index is 12.3. The first-order valence-electron chi connectivity index (χ1n) is 8.01. The van der Waals surface area contributed by atoms with Gasteiger partial charge in [0.2, 0.25) is 17.7 Å². The molecule has 2 fully saturated rings. The van der Waals surface area contributed by atoms with Crippen LogP contribution in [0.5, 0.6) is 0 Å². The van der Waals surface area contributed by atoms with Crippen molar-refractivity contribution in [2.75, 3.05) is 13.1 Å². The van der Waals surface area contributed by atoms with Crippen molar-refractivity contribution in [3.63, 3.8) is 0 Å². The van der Waals surface area contributed by atoms with Gasteiger partial charge in [0.05, 0.1) is 18.1 Å². The van der Waals surface area contributed by atoms with Crippen molar-refractivity contribution in [1.82, 2.24) is 21.3 Å². The third-order valence-electron chi connectivity index (χ3n) is 3.99. The second kappa shape index (κ2) is 7.09. The minimum atomic E-state index is -0.911. The third kappa shape index (κ3) is 4.98. The molecule has 4 N–H and O–H groups in total. The Kier molecular flexibility index (Phi) is 5.39. The predicted octanol–water partition coefficient (Wildman–Crippen LogP) is -0.582. The largest absolute Gasteiger partial charge is 0.355 e. The number of carbonyl (C=O) groups excluding carboxylic acids is 3. The van der Waals surface area contributed by atoms with Crippen LogP contribution in [0.15, 0.2) is 0 Å². The summed E-state index contributed by atoms with van der Waals surface area (Å²) in [5, 5.41) is 11.4. The molecule has 124 valence electrons. The molecule has 0 aromatic rings. The Balaban J connectivity index is 1.80. The molecule has 1 saturated carbocycles. The van der Waals surface area contributed by atoms with E-state index in [9.17, 15) is 14.4 Å². The van der Waals surface area contributed by atoms with Crippen molar-refractivity contribution >= 4 is 17.7 Å². The number of carbonyl (C=O) groups is 3. The number of rotatable bonds is 6. The van der Waals surface area contributed by atoms with Crippen molar-refractivity contribution < 1.29 is 14.4 Å². The summed E-state index contributed by atoms with van der Waals surface area (Å²) in [7, 11) is 0. The first kappa shape index (κ1) is 16.7. The highest BCUT2D eigenvalue weighted by Crippen LogP contribution is 2.18. The SMILES string of the molecule is CC(C)(N[C@H]1CCCCNC1=O)C(=O)NCC(=O)NC1CC1. The smallest absolute Gasteiger partial charge is 0.240 e. The molecular weight excluding hydrogens is 284 g/mol. The van der Waals surface area contributed by atoms with Crippen LogP contribution in [-0.2, 0) is 14.4 Å². The Morgan fingerprint density at radius 2 is 1.95 bits per heavy atom. The van der Waals surface area contributed by atoms with Gasteiger partial charge >= 0.3 is 0 Å². The summed E-state index contributed by atoms with van der Waals surface area (Å²) in [5.74, 6) is -0.515. The van der Waals surface area contributed by atoms with Gasteiger partial charge in [-0.2, -0.15) is 0 Å². The molecule has 1 saturated heterocycles. The van der Waals surface area contributed by atoms with E-state index in [1.54, 1.807) is 13.8 Å². The van der Waals surface area contributed by atoms with Gasteiger partial charge in [0.1, 0.15) is 0 Å². The Labute approximate surface area is 131 Å². The predicted molar refractivity (Wildman–Crippen MR) is 82.0 cm³/mol. The van der Waals surface area contributed by atoms with Crippen molar-refractivity contribution in [2.24, 2.45) is 0 Å². The zero-order valence-corrected chi connectivity index (χ0v) is 13.3. The van der Waals surface area contributed by atoms with Crippen LogP contribution in [0.25, 0.3) is 0 Å². The molecule has 2 aliphatic rings. The van der Waals surface area contributed by atoms with Gasteiger partial charge in [0.25, 0.3) is 0 Å². The minimum absolute atomic E-state index is 0.0304. The van der Waals surface area contributed by atoms with Crippen LogP contribution < -0.4 is 21.3 Å². The van der Waals surface area contributed by atoms with E-state index in [0.29, 0.717) is 13.0 Å². The molecule has 1 atom stereocenters. The monoisotopic (exact) mass is 310 g/mol. The van der Waals surface area contributed by atoms with E-state index in [1.165, 1.54) is 0 Å². The fourth-order valence-corrected chi connectivity index (χ4v) is 2.47. The zero-order valence-electron chi connectivity index (χ0n) is 13.3. The van der Waals surface area contributed by atoms with Crippen LogP contribution in [0.3, 0.4) is 0 Å². The standard InChI is InChI=1S/C15H26N4O3/c1-15(2,19-11-5-3-4-8-16-13(11)21)14(22)17-9-12(20)18-10-6-7-10/h10-11,19H,3-9H2,1-2H3,(H,16,21)(H,17,22)(H,18,20)/t11-/m0/s1. The Bertz CT molecular complexity index is 446. The van der Waals surface area contributed by atoms with Gasteiger partial charge in [-0.15, -0.1) is 0 Å². The molecule has 3 amide bonds. The van der Waals surface area contributed by atoms with E-state index in [0.717, 1.165) is 25.7 Å². The van der Waals surface area contributed by atoms with Gasteiger partial charge in [0.15, 0.2) is 0 Å². The third-order valence-corrected chi connectivity index (χ3v) is 3.99. The molecule has 0 spiro atoms. The number of amides is 3. The average Bonchev–Trinajstić information content (AvgIpc) is 3.27. The van der Waals surface area contributed by atoms with Crippen LogP contribution in [-0.4, -0.2) is 48.4 Å². The highest BCUT2D eigenvalue weighted by molar-refractivity contribution is 5.91. The van der Waals surface area contributed by atoms with Crippen LogP contribution in [0.2, 0.25) is 0 Å². The van der Waals surface area contributed by atoms with Gasteiger partial charge < -0.3 is 16.0 Å². The van der Waals surface area contributed by atoms with Crippen LogP contribution >= 0.6 is 0 Å². The van der Waals surface area contributed by atoms with Gasteiger partial charge in [-0.05, 0) is 46.0 Å². The summed E-state index contributed by atoms with van der Waals surface area (Å²) in [5.41, 5.74) is -0.911. The van der Waals surface area contributed by atoms with Crippen molar-refractivity contribution in [3.8, 4) is 0 Å². The van der Waals surface area contributed by atoms with Gasteiger partial charge in [-0.3, -0.25) is 19.7 Å². The summed E-state index contributed by atoms with van der Waals surface area (Å²) in [4.78, 5) is 35.8. The van der Waals surface area contributed by atoms with Crippen LogP contribution in [0, 0.1) is 0 Å². The topological polar surface area (TPSA) is 99.3 Å². The molecule has 1 aliphatic carbocycles. The van der Waals surface area contributed by atoms with E-state index >= 15 is 0 Å². The van der Waals surface area contributed by atoms with E-state index < -0.39 is 5.54 Å². The van der Waals surface area contributed by atoms with E-state index in [1.807, 2.05) is 0 Å². The number of nitrogens with one attached hydrogen (secondary N) is 4. The molecule has 0 bridgehead atoms. The van der Waals surface area contributed by atoms with E-state index in [4.69, 9.17) is 0 Å². The molecule has 22 heavy (non-hydrogen) atoms. The summed E-state index contributed by atoms with van der Waals surface area (Å²) in [6.07, 6.45) is 4.65. The zero-order chi connectivity index (χ0) is 16.2. The second-order valence-electron chi connectivity index (χ2n) is 6.63. The summed E-state index contributed by atoms with van der Waals surface area (Å²) < 4.78 is 0. The molecule has 7 heteroatoms. The van der Waals surface area contributed by atoms with Gasteiger partial charge in [-0.25, -0.2) is 0 Å². The lowest BCUT2D eigenvalue weighted by atomic mass is 10.0. The molecule has 1 heterocycles. The molecule has 0 unspecified atom stereocenters. The van der Waals surface area contributed by atoms with Crippen LogP contribution in [0.4, 0.5) is 0 Å². The quantitative estimate of drug-likeness (QED) is 0.527. The van der Waals surface area contributed by atoms with Crippen molar-refractivity contribution in [3.05, 3.63) is 0 Å². The molecule has 2 rings (SSSR count). The fourth-order valence-electron chi connectivity index (χ4n) is 2.47.